The van der Waals surface area contributed by atoms with E-state index in [2.05, 4.69) is 10.2 Å². The summed E-state index contributed by atoms with van der Waals surface area (Å²) in [6.45, 7) is 4.67. The highest BCUT2D eigenvalue weighted by Gasteiger charge is 2.43. The minimum Gasteiger partial charge on any atom is -0.496 e. The number of guanidine groups is 1. The number of hydrogen-bond donors (Lipinski definition) is 1. The van der Waals surface area contributed by atoms with Gasteiger partial charge >= 0.3 is 5.97 Å². The van der Waals surface area contributed by atoms with Crippen molar-refractivity contribution in [3.05, 3.63) is 54.1 Å². The van der Waals surface area contributed by atoms with Crippen LogP contribution in [0.15, 0.2) is 53.5 Å². The zero-order chi connectivity index (χ0) is 24.1. The van der Waals surface area contributed by atoms with Crippen molar-refractivity contribution in [3.63, 3.8) is 0 Å². The molecule has 2 aromatic rings. The predicted molar refractivity (Wildman–Crippen MR) is 128 cm³/mol. The van der Waals surface area contributed by atoms with Gasteiger partial charge < -0.3 is 24.0 Å². The van der Waals surface area contributed by atoms with E-state index in [-0.39, 0.29) is 6.61 Å². The molecule has 0 aliphatic carbocycles. The number of aliphatic imine (C=N–C) groups is 1. The molecule has 1 amide bonds. The molecule has 0 bridgehead atoms. The first kappa shape index (κ1) is 23.4. The first-order valence-electron chi connectivity index (χ1n) is 11.4. The van der Waals surface area contributed by atoms with Crippen LogP contribution in [0, 0.1) is 5.92 Å². The molecule has 180 valence electrons. The maximum absolute atomic E-state index is 13.1. The van der Waals surface area contributed by atoms with Crippen LogP contribution in [0.3, 0.4) is 0 Å². The second-order valence-corrected chi connectivity index (χ2v) is 8.00. The van der Waals surface area contributed by atoms with Crippen molar-refractivity contribution in [2.24, 2.45) is 10.9 Å². The van der Waals surface area contributed by atoms with Crippen LogP contribution in [-0.2, 0) is 14.3 Å². The van der Waals surface area contributed by atoms with Crippen LogP contribution in [0.2, 0.25) is 0 Å². The van der Waals surface area contributed by atoms with Gasteiger partial charge in [-0.1, -0.05) is 30.3 Å². The van der Waals surface area contributed by atoms with E-state index >= 15 is 0 Å². The van der Waals surface area contributed by atoms with E-state index in [4.69, 9.17) is 19.2 Å². The lowest BCUT2D eigenvalue weighted by atomic mass is 9.90. The van der Waals surface area contributed by atoms with Crippen LogP contribution < -0.4 is 19.7 Å². The van der Waals surface area contributed by atoms with E-state index < -0.39 is 23.8 Å². The molecule has 4 rings (SSSR count). The number of piperazine rings is 1. The second-order valence-electron chi connectivity index (χ2n) is 8.00. The number of rotatable bonds is 6. The van der Waals surface area contributed by atoms with Crippen molar-refractivity contribution in [1.29, 1.82) is 0 Å². The fourth-order valence-corrected chi connectivity index (χ4v) is 4.41. The lowest BCUT2D eigenvalue weighted by molar-refractivity contribution is -0.153. The third-order valence-electron chi connectivity index (χ3n) is 6.10. The third-order valence-corrected chi connectivity index (χ3v) is 6.10. The monoisotopic (exact) mass is 466 g/mol. The number of carbonyl (C=O) groups is 2. The van der Waals surface area contributed by atoms with Gasteiger partial charge in [0, 0.05) is 31.7 Å². The summed E-state index contributed by atoms with van der Waals surface area (Å²) in [4.78, 5) is 35.0. The summed E-state index contributed by atoms with van der Waals surface area (Å²) < 4.78 is 16.2. The van der Waals surface area contributed by atoms with Gasteiger partial charge in [-0.3, -0.25) is 14.9 Å². The fourth-order valence-electron chi connectivity index (χ4n) is 4.41. The summed E-state index contributed by atoms with van der Waals surface area (Å²) in [5, 5.41) is 2.84. The minimum absolute atomic E-state index is 0.183. The molecule has 1 saturated heterocycles. The molecule has 2 aliphatic rings. The largest absolute Gasteiger partial charge is 0.496 e. The van der Waals surface area contributed by atoms with Crippen molar-refractivity contribution < 1.29 is 23.8 Å². The number of amides is 1. The third kappa shape index (κ3) is 4.64. The normalized spacial score (nSPS) is 20.3. The van der Waals surface area contributed by atoms with Crippen LogP contribution in [0.5, 0.6) is 11.5 Å². The Hall–Kier alpha value is -3.75. The number of ether oxygens (including phenoxy) is 3. The van der Waals surface area contributed by atoms with Gasteiger partial charge in [0.05, 0.1) is 26.5 Å². The Kier molecular flexibility index (Phi) is 7.20. The lowest BCUT2D eigenvalue weighted by Gasteiger charge is -2.40. The number of anilines is 1. The molecule has 0 saturated carbocycles. The van der Waals surface area contributed by atoms with Crippen LogP contribution in [-0.4, -0.2) is 69.7 Å². The Labute approximate surface area is 199 Å². The van der Waals surface area contributed by atoms with Crippen molar-refractivity contribution in [3.8, 4) is 11.5 Å². The summed E-state index contributed by atoms with van der Waals surface area (Å²) >= 11 is 0. The maximum atomic E-state index is 13.1. The molecule has 2 heterocycles. The summed E-state index contributed by atoms with van der Waals surface area (Å²) in [5.41, 5.74) is 1.71. The number of nitrogens with zero attached hydrogens (tertiary/aromatic N) is 3. The van der Waals surface area contributed by atoms with Crippen LogP contribution in [0.4, 0.5) is 5.69 Å². The highest BCUT2D eigenvalue weighted by molar-refractivity contribution is 6.08. The molecule has 0 aromatic heterocycles. The molecule has 2 aromatic carbocycles. The standard InChI is InChI=1S/C25H30N4O5/c1-4-34-24(31)21-22(17-9-5-7-11-19(17)32-2)26-25(27-23(21)30)29-15-13-28(14-16-29)18-10-6-8-12-20(18)33-3/h5-12,21-22H,4,13-16H2,1-3H3,(H,26,27,30)/t21-,22+/m1/s1. The van der Waals surface area contributed by atoms with Crippen molar-refractivity contribution >= 4 is 23.5 Å². The van der Waals surface area contributed by atoms with Gasteiger partial charge in [-0.15, -0.1) is 0 Å². The van der Waals surface area contributed by atoms with E-state index in [1.165, 1.54) is 0 Å². The summed E-state index contributed by atoms with van der Waals surface area (Å²) in [6.07, 6.45) is 0. The van der Waals surface area contributed by atoms with E-state index in [9.17, 15) is 9.59 Å². The Balaban J connectivity index is 1.59. The Morgan fingerprint density at radius 2 is 1.59 bits per heavy atom. The van der Waals surface area contributed by atoms with Crippen molar-refractivity contribution in [2.45, 2.75) is 13.0 Å². The zero-order valence-corrected chi connectivity index (χ0v) is 19.7. The molecule has 2 atom stereocenters. The van der Waals surface area contributed by atoms with Crippen LogP contribution >= 0.6 is 0 Å². The van der Waals surface area contributed by atoms with Gasteiger partial charge in [-0.25, -0.2) is 4.99 Å². The zero-order valence-electron chi connectivity index (χ0n) is 19.7. The quantitative estimate of drug-likeness (QED) is 0.516. The van der Waals surface area contributed by atoms with Crippen LogP contribution in [0.1, 0.15) is 18.5 Å². The summed E-state index contributed by atoms with van der Waals surface area (Å²) in [6, 6.07) is 14.5. The highest BCUT2D eigenvalue weighted by Crippen LogP contribution is 2.36. The summed E-state index contributed by atoms with van der Waals surface area (Å²) in [5.74, 6) is -0.254. The lowest BCUT2D eigenvalue weighted by Crippen LogP contribution is -2.57. The van der Waals surface area contributed by atoms with E-state index in [0.29, 0.717) is 30.4 Å². The van der Waals surface area contributed by atoms with Crippen LogP contribution in [0.25, 0.3) is 0 Å². The maximum Gasteiger partial charge on any atom is 0.321 e. The van der Waals surface area contributed by atoms with Gasteiger partial charge in [0.15, 0.2) is 5.92 Å². The van der Waals surface area contributed by atoms with Gasteiger partial charge in [-0.2, -0.15) is 0 Å². The minimum atomic E-state index is -1.09. The first-order chi connectivity index (χ1) is 16.6. The number of esters is 1. The number of nitrogens with one attached hydrogen (secondary N) is 1. The number of methoxy groups -OCH3 is 2. The summed E-state index contributed by atoms with van der Waals surface area (Å²) in [7, 11) is 3.22. The molecule has 1 N–H and O–H groups in total. The van der Waals surface area contributed by atoms with E-state index in [1.807, 2.05) is 47.4 Å². The average Bonchev–Trinajstić information content (AvgIpc) is 2.88. The molecule has 0 unspecified atom stereocenters. The number of benzene rings is 2. The van der Waals surface area contributed by atoms with Gasteiger partial charge in [0.2, 0.25) is 11.9 Å². The molecule has 0 spiro atoms. The molecule has 9 nitrogen and oxygen atoms in total. The molecule has 2 aliphatic heterocycles. The smallest absolute Gasteiger partial charge is 0.321 e. The topological polar surface area (TPSA) is 92.7 Å². The SMILES string of the molecule is CCOC(=O)[C@H]1C(=O)NC(N2CCN(c3ccccc3OC)CC2)=N[C@H]1c1ccccc1OC. The second kappa shape index (κ2) is 10.5. The Morgan fingerprint density at radius 1 is 0.971 bits per heavy atom. The Bertz CT molecular complexity index is 1060. The fraction of sp³-hybridized carbons (Fsp3) is 0.400. The van der Waals surface area contributed by atoms with Gasteiger partial charge in [0.1, 0.15) is 17.5 Å². The average molecular weight is 467 g/mol. The van der Waals surface area contributed by atoms with E-state index in [0.717, 1.165) is 24.5 Å². The number of carbonyl (C=O) groups excluding carboxylic acids is 2. The molecule has 0 radical (unpaired) electrons. The van der Waals surface area contributed by atoms with Gasteiger partial charge in [-0.05, 0) is 25.1 Å². The molecular weight excluding hydrogens is 436 g/mol. The number of hydrogen-bond acceptors (Lipinski definition) is 8. The molecule has 1 fully saturated rings. The van der Waals surface area contributed by atoms with Crippen molar-refractivity contribution in [2.75, 3.05) is 51.9 Å². The van der Waals surface area contributed by atoms with E-state index in [1.54, 1.807) is 27.2 Å². The highest BCUT2D eigenvalue weighted by atomic mass is 16.5. The predicted octanol–water partition coefficient (Wildman–Crippen LogP) is 2.23. The van der Waals surface area contributed by atoms with Crippen molar-refractivity contribution in [1.82, 2.24) is 10.2 Å². The Morgan fingerprint density at radius 3 is 2.26 bits per heavy atom. The molecular formula is C25H30N4O5. The molecule has 9 heteroatoms. The van der Waals surface area contributed by atoms with Gasteiger partial charge in [0.25, 0.3) is 0 Å². The first-order valence-corrected chi connectivity index (χ1v) is 11.4. The molecule has 34 heavy (non-hydrogen) atoms. The number of para-hydroxylation sites is 3.